The molecule has 2 unspecified atom stereocenters. The minimum atomic E-state index is -3.25. The van der Waals surface area contributed by atoms with Crippen LogP contribution in [0.25, 0.3) is 0 Å². The second-order valence-corrected chi connectivity index (χ2v) is 17.1. The third-order valence-electron chi connectivity index (χ3n) is 8.66. The average Bonchev–Trinajstić information content (AvgIpc) is 3.09. The summed E-state index contributed by atoms with van der Waals surface area (Å²) in [5.74, 6) is 0. The Balaban J connectivity index is 1.49. The maximum absolute atomic E-state index is 11.4. The first kappa shape index (κ1) is 35.1. The molecule has 0 amide bonds. The molecule has 4 aromatic carbocycles. The first-order valence-electron chi connectivity index (χ1n) is 16.0. The minimum absolute atomic E-state index is 0.183. The van der Waals surface area contributed by atoms with Crippen molar-refractivity contribution in [1.29, 1.82) is 0 Å². The summed E-state index contributed by atoms with van der Waals surface area (Å²) in [4.78, 5) is 0. The molecular formula is C38H46O8Si. The molecule has 0 radical (unpaired) electrons. The Morgan fingerprint density at radius 3 is 1.23 bits per heavy atom. The molecule has 47 heavy (non-hydrogen) atoms. The van der Waals surface area contributed by atoms with E-state index in [1.807, 2.05) is 97.1 Å². The smallest absolute Gasteiger partial charge is 0.261 e. The number of aliphatic hydroxyl groups excluding tert-OH is 3. The van der Waals surface area contributed by atoms with E-state index in [0.29, 0.717) is 13.2 Å². The highest BCUT2D eigenvalue weighted by atomic mass is 28.4. The molecule has 6 atom stereocenters. The molecule has 0 aromatic heterocycles. The molecule has 1 fully saturated rings. The average molecular weight is 659 g/mol. The zero-order chi connectivity index (χ0) is 33.3. The summed E-state index contributed by atoms with van der Waals surface area (Å²) in [5, 5.41) is 35.5. The number of ether oxygens (including phenoxy) is 4. The van der Waals surface area contributed by atoms with Crippen LogP contribution in [0.2, 0.25) is 5.04 Å². The van der Waals surface area contributed by atoms with E-state index in [2.05, 4.69) is 45.0 Å². The molecule has 1 aliphatic carbocycles. The number of rotatable bonds is 14. The second kappa shape index (κ2) is 16.3. The highest BCUT2D eigenvalue weighted by Crippen LogP contribution is 2.40. The van der Waals surface area contributed by atoms with Crippen LogP contribution < -0.4 is 10.4 Å². The van der Waals surface area contributed by atoms with Gasteiger partial charge in [0.2, 0.25) is 0 Å². The van der Waals surface area contributed by atoms with Gasteiger partial charge in [-0.3, -0.25) is 0 Å². The largest absolute Gasteiger partial charge is 0.399 e. The van der Waals surface area contributed by atoms with Crippen molar-refractivity contribution in [2.24, 2.45) is 0 Å². The van der Waals surface area contributed by atoms with Crippen molar-refractivity contribution in [3.8, 4) is 0 Å². The lowest BCUT2D eigenvalue weighted by Crippen LogP contribution is -2.73. The second-order valence-electron chi connectivity index (χ2n) is 12.9. The molecule has 3 N–H and O–H groups in total. The first-order valence-corrected chi connectivity index (χ1v) is 17.9. The minimum Gasteiger partial charge on any atom is -0.399 e. The Labute approximate surface area is 278 Å². The van der Waals surface area contributed by atoms with Crippen LogP contribution in [0.1, 0.15) is 31.9 Å². The molecule has 0 bridgehead atoms. The number of benzene rings is 4. The molecule has 0 spiro atoms. The van der Waals surface area contributed by atoms with Crippen molar-refractivity contribution in [2.45, 2.75) is 75.6 Å². The fourth-order valence-corrected chi connectivity index (χ4v) is 11.0. The van der Waals surface area contributed by atoms with Crippen molar-refractivity contribution in [3.63, 3.8) is 0 Å². The van der Waals surface area contributed by atoms with E-state index >= 15 is 0 Å². The summed E-state index contributed by atoms with van der Waals surface area (Å²) in [6, 6.07) is 39.5. The van der Waals surface area contributed by atoms with Gasteiger partial charge in [-0.25, -0.2) is 0 Å². The third-order valence-corrected chi connectivity index (χ3v) is 13.7. The van der Waals surface area contributed by atoms with E-state index in [0.717, 1.165) is 21.5 Å². The first-order chi connectivity index (χ1) is 22.7. The zero-order valence-corrected chi connectivity index (χ0v) is 28.2. The van der Waals surface area contributed by atoms with Crippen LogP contribution in [0.3, 0.4) is 0 Å². The van der Waals surface area contributed by atoms with E-state index in [1.165, 1.54) is 0 Å². The van der Waals surface area contributed by atoms with Gasteiger partial charge in [0.1, 0.15) is 50.2 Å². The summed E-state index contributed by atoms with van der Waals surface area (Å²) in [5.41, 5.74) is 1.93. The van der Waals surface area contributed by atoms with Gasteiger partial charge in [-0.15, -0.1) is 0 Å². The Morgan fingerprint density at radius 2 is 0.872 bits per heavy atom. The summed E-state index contributed by atoms with van der Waals surface area (Å²) < 4.78 is 31.5. The standard InChI is InChI=1S/C38H46O8Si/c1-38(2,3)47(30-20-12-6-13-21-30,31-22-14-7-15-23-31)46-37-35(44-26-42-24-28-16-8-4-9-17-28)33(40)32(39)34(41)36(37)45-27-43-25-29-18-10-5-11-19-29/h4-23,32-37,39-41H,24-27H2,1-3H3/t32?,33-,34+,35-,36-,37?/m1/s1. The monoisotopic (exact) mass is 658 g/mol. The number of hydrogen-bond acceptors (Lipinski definition) is 8. The van der Waals surface area contributed by atoms with Gasteiger partial charge < -0.3 is 38.7 Å². The van der Waals surface area contributed by atoms with Crippen LogP contribution in [0, 0.1) is 0 Å². The van der Waals surface area contributed by atoms with Gasteiger partial charge >= 0.3 is 0 Å². The van der Waals surface area contributed by atoms with Gasteiger partial charge in [0, 0.05) is 0 Å². The summed E-state index contributed by atoms with van der Waals surface area (Å²) >= 11 is 0. The zero-order valence-electron chi connectivity index (χ0n) is 27.2. The predicted octanol–water partition coefficient (Wildman–Crippen LogP) is 4.15. The molecule has 1 saturated carbocycles. The lowest BCUT2D eigenvalue weighted by molar-refractivity contribution is -0.269. The van der Waals surface area contributed by atoms with Crippen LogP contribution in [0.5, 0.6) is 0 Å². The lowest BCUT2D eigenvalue weighted by atomic mass is 9.84. The van der Waals surface area contributed by atoms with Crippen LogP contribution in [-0.4, -0.2) is 73.8 Å². The number of hydrogen-bond donors (Lipinski definition) is 3. The van der Waals surface area contributed by atoms with Crippen molar-refractivity contribution in [1.82, 2.24) is 0 Å². The summed E-state index contributed by atoms with van der Waals surface area (Å²) in [7, 11) is -3.25. The molecule has 250 valence electrons. The van der Waals surface area contributed by atoms with Crippen LogP contribution in [-0.2, 0) is 36.6 Å². The van der Waals surface area contributed by atoms with E-state index < -0.39 is 50.0 Å². The summed E-state index contributed by atoms with van der Waals surface area (Å²) in [6.07, 6.45) is -7.77. The topological polar surface area (TPSA) is 107 Å². The third kappa shape index (κ3) is 8.26. The fourth-order valence-electron chi connectivity index (χ4n) is 6.30. The quantitative estimate of drug-likeness (QED) is 0.106. The molecular weight excluding hydrogens is 612 g/mol. The highest BCUT2D eigenvalue weighted by molar-refractivity contribution is 6.99. The molecule has 0 heterocycles. The van der Waals surface area contributed by atoms with Crippen LogP contribution in [0.4, 0.5) is 0 Å². The Bertz CT molecular complexity index is 1370. The van der Waals surface area contributed by atoms with E-state index in [-0.39, 0.29) is 13.6 Å². The molecule has 1 aliphatic rings. The number of aliphatic hydroxyl groups is 3. The van der Waals surface area contributed by atoms with Crippen molar-refractivity contribution in [3.05, 3.63) is 132 Å². The van der Waals surface area contributed by atoms with Crippen molar-refractivity contribution >= 4 is 18.7 Å². The van der Waals surface area contributed by atoms with Crippen molar-refractivity contribution < 1.29 is 38.7 Å². The maximum Gasteiger partial charge on any atom is 0.261 e. The van der Waals surface area contributed by atoms with E-state index in [4.69, 9.17) is 23.4 Å². The molecule has 0 saturated heterocycles. The van der Waals surface area contributed by atoms with Gasteiger partial charge in [-0.1, -0.05) is 142 Å². The Morgan fingerprint density at radius 1 is 0.511 bits per heavy atom. The predicted molar refractivity (Wildman–Crippen MR) is 182 cm³/mol. The fraction of sp³-hybridized carbons (Fsp3) is 0.368. The summed E-state index contributed by atoms with van der Waals surface area (Å²) in [6.45, 7) is 6.64. The van der Waals surface area contributed by atoms with E-state index in [1.54, 1.807) is 0 Å². The van der Waals surface area contributed by atoms with Crippen LogP contribution >= 0.6 is 0 Å². The maximum atomic E-state index is 11.4. The van der Waals surface area contributed by atoms with Gasteiger partial charge in [0.15, 0.2) is 0 Å². The van der Waals surface area contributed by atoms with Gasteiger partial charge in [0.25, 0.3) is 8.32 Å². The molecule has 4 aromatic rings. The Hall–Kier alpha value is -3.22. The van der Waals surface area contributed by atoms with Crippen LogP contribution in [0.15, 0.2) is 121 Å². The van der Waals surface area contributed by atoms with Gasteiger partial charge in [-0.2, -0.15) is 0 Å². The lowest BCUT2D eigenvalue weighted by Gasteiger charge is -2.51. The van der Waals surface area contributed by atoms with Gasteiger partial charge in [-0.05, 0) is 26.5 Å². The molecule has 0 aliphatic heterocycles. The molecule has 5 rings (SSSR count). The van der Waals surface area contributed by atoms with Crippen molar-refractivity contribution in [2.75, 3.05) is 13.6 Å². The highest BCUT2D eigenvalue weighted by Gasteiger charge is 2.58. The van der Waals surface area contributed by atoms with E-state index in [9.17, 15) is 15.3 Å². The normalized spacial score (nSPS) is 23.4. The SMILES string of the molecule is CC(C)(C)[Si](OC1[C@H](OCOCc2ccccc2)[C@H](O)C(O)[C@H](O)[C@H]1OCOCc1ccccc1)(c1ccccc1)c1ccccc1. The Kier molecular flexibility index (Phi) is 12.1. The molecule has 9 heteroatoms. The molecule has 8 nitrogen and oxygen atoms in total. The van der Waals surface area contributed by atoms with Gasteiger partial charge in [0.05, 0.1) is 13.2 Å².